The van der Waals surface area contributed by atoms with Gasteiger partial charge in [0.25, 0.3) is 0 Å². The fourth-order valence-electron chi connectivity index (χ4n) is 2.32. The van der Waals surface area contributed by atoms with Gasteiger partial charge in [0.15, 0.2) is 0 Å². The number of carbonyl (C=O) groups is 2. The molecule has 2 N–H and O–H groups in total. The van der Waals surface area contributed by atoms with Crippen LogP contribution in [-0.2, 0) is 22.4 Å². The molecule has 1 heterocycles. The summed E-state index contributed by atoms with van der Waals surface area (Å²) >= 11 is 1.49. The Morgan fingerprint density at radius 3 is 2.74 bits per heavy atom. The van der Waals surface area contributed by atoms with Crippen LogP contribution in [0.15, 0.2) is 29.6 Å². The highest BCUT2D eigenvalue weighted by Crippen LogP contribution is 2.12. The van der Waals surface area contributed by atoms with Gasteiger partial charge in [-0.05, 0) is 25.8 Å². The summed E-state index contributed by atoms with van der Waals surface area (Å²) in [6.45, 7) is 3.97. The van der Waals surface area contributed by atoms with Crippen LogP contribution in [0.25, 0.3) is 0 Å². The standard InChI is InChI=1S/C17H20N2O3S/c1-11-4-3-5-13(6-11)7-14(17(21)22)9-18-16(20)8-15-10-23-12(2)19-15/h3-6,10,14H,7-9H2,1-2H3,(H,18,20)(H,21,22)/t14-/m1/s1. The number of carboxylic acids is 1. The van der Waals surface area contributed by atoms with Crippen LogP contribution in [0.2, 0.25) is 0 Å². The molecule has 0 aliphatic carbocycles. The van der Waals surface area contributed by atoms with E-state index in [4.69, 9.17) is 0 Å². The van der Waals surface area contributed by atoms with Crippen molar-refractivity contribution in [3.05, 3.63) is 51.5 Å². The molecule has 2 rings (SSSR count). The molecule has 0 saturated carbocycles. The topological polar surface area (TPSA) is 79.3 Å². The van der Waals surface area contributed by atoms with Crippen LogP contribution in [0.1, 0.15) is 21.8 Å². The number of aliphatic carboxylic acids is 1. The lowest BCUT2D eigenvalue weighted by atomic mass is 9.98. The summed E-state index contributed by atoms with van der Waals surface area (Å²) in [6, 6.07) is 7.75. The first kappa shape index (κ1) is 17.1. The van der Waals surface area contributed by atoms with Crippen LogP contribution in [-0.4, -0.2) is 28.5 Å². The number of aromatic nitrogens is 1. The summed E-state index contributed by atoms with van der Waals surface area (Å²) < 4.78 is 0. The lowest BCUT2D eigenvalue weighted by Gasteiger charge is -2.13. The average molecular weight is 332 g/mol. The van der Waals surface area contributed by atoms with Crippen molar-refractivity contribution in [3.8, 4) is 0 Å². The van der Waals surface area contributed by atoms with Gasteiger partial charge >= 0.3 is 5.97 Å². The lowest BCUT2D eigenvalue weighted by Crippen LogP contribution is -2.35. The molecule has 122 valence electrons. The second-order valence-electron chi connectivity index (χ2n) is 5.57. The Labute approximate surface area is 139 Å². The lowest BCUT2D eigenvalue weighted by molar-refractivity contribution is -0.141. The zero-order valence-electron chi connectivity index (χ0n) is 13.2. The molecule has 0 spiro atoms. The molecule has 0 aliphatic rings. The monoisotopic (exact) mass is 332 g/mol. The van der Waals surface area contributed by atoms with Crippen LogP contribution >= 0.6 is 11.3 Å². The van der Waals surface area contributed by atoms with Crippen molar-refractivity contribution in [2.75, 3.05) is 6.54 Å². The molecular formula is C17H20N2O3S. The highest BCUT2D eigenvalue weighted by atomic mass is 32.1. The number of aryl methyl sites for hydroxylation is 2. The molecule has 1 aromatic carbocycles. The Morgan fingerprint density at radius 1 is 1.35 bits per heavy atom. The summed E-state index contributed by atoms with van der Waals surface area (Å²) in [5.41, 5.74) is 2.77. The van der Waals surface area contributed by atoms with E-state index in [0.29, 0.717) is 6.42 Å². The molecule has 5 nitrogen and oxygen atoms in total. The minimum absolute atomic E-state index is 0.116. The van der Waals surface area contributed by atoms with Crippen LogP contribution in [0, 0.1) is 19.8 Å². The van der Waals surface area contributed by atoms with E-state index in [9.17, 15) is 14.7 Å². The van der Waals surface area contributed by atoms with Gasteiger partial charge in [0.2, 0.25) is 5.91 Å². The van der Waals surface area contributed by atoms with Gasteiger partial charge in [-0.15, -0.1) is 11.3 Å². The summed E-state index contributed by atoms with van der Waals surface area (Å²) in [4.78, 5) is 27.5. The predicted octanol–water partition coefficient (Wildman–Crippen LogP) is 2.36. The van der Waals surface area contributed by atoms with Gasteiger partial charge in [-0.1, -0.05) is 29.8 Å². The van der Waals surface area contributed by atoms with Gasteiger partial charge in [-0.25, -0.2) is 4.98 Å². The van der Waals surface area contributed by atoms with E-state index in [1.807, 2.05) is 43.5 Å². The number of carbonyl (C=O) groups excluding carboxylic acids is 1. The smallest absolute Gasteiger partial charge is 0.308 e. The maximum atomic E-state index is 11.9. The molecule has 0 aliphatic heterocycles. The van der Waals surface area contributed by atoms with Crippen LogP contribution in [0.4, 0.5) is 0 Å². The highest BCUT2D eigenvalue weighted by molar-refractivity contribution is 7.09. The van der Waals surface area contributed by atoms with Gasteiger partial charge < -0.3 is 10.4 Å². The maximum absolute atomic E-state index is 11.9. The van der Waals surface area contributed by atoms with E-state index in [2.05, 4.69) is 10.3 Å². The zero-order chi connectivity index (χ0) is 16.8. The van der Waals surface area contributed by atoms with Gasteiger partial charge in [0.05, 0.1) is 23.0 Å². The van der Waals surface area contributed by atoms with Crippen LogP contribution in [0.3, 0.4) is 0 Å². The van der Waals surface area contributed by atoms with E-state index in [1.165, 1.54) is 11.3 Å². The number of hydrogen-bond donors (Lipinski definition) is 2. The maximum Gasteiger partial charge on any atom is 0.308 e. The second kappa shape index (κ2) is 7.87. The van der Waals surface area contributed by atoms with E-state index >= 15 is 0 Å². The average Bonchev–Trinajstić information content (AvgIpc) is 2.88. The molecular weight excluding hydrogens is 312 g/mol. The first-order valence-corrected chi connectivity index (χ1v) is 8.28. The molecule has 0 saturated heterocycles. The van der Waals surface area contributed by atoms with Gasteiger partial charge in [0, 0.05) is 11.9 Å². The van der Waals surface area contributed by atoms with Crippen molar-refractivity contribution in [1.82, 2.24) is 10.3 Å². The summed E-state index contributed by atoms with van der Waals surface area (Å²) in [7, 11) is 0. The van der Waals surface area contributed by atoms with Crippen molar-refractivity contribution in [2.45, 2.75) is 26.7 Å². The third kappa shape index (κ3) is 5.49. The predicted molar refractivity (Wildman–Crippen MR) is 89.6 cm³/mol. The van der Waals surface area contributed by atoms with Gasteiger partial charge in [-0.3, -0.25) is 9.59 Å². The SMILES string of the molecule is Cc1cccc(C[C@H](CNC(=O)Cc2csc(C)n2)C(=O)O)c1. The number of nitrogens with zero attached hydrogens (tertiary/aromatic N) is 1. The summed E-state index contributed by atoms with van der Waals surface area (Å²) in [5.74, 6) is -1.75. The first-order chi connectivity index (χ1) is 10.9. The molecule has 0 radical (unpaired) electrons. The fraction of sp³-hybridized carbons (Fsp3) is 0.353. The van der Waals surface area contributed by atoms with Crippen LogP contribution < -0.4 is 5.32 Å². The van der Waals surface area contributed by atoms with Crippen LogP contribution in [0.5, 0.6) is 0 Å². The van der Waals surface area contributed by atoms with Crippen molar-refractivity contribution in [3.63, 3.8) is 0 Å². The fourth-order valence-corrected chi connectivity index (χ4v) is 2.94. The normalized spacial score (nSPS) is 11.9. The summed E-state index contributed by atoms with van der Waals surface area (Å²) in [5, 5.41) is 14.8. The summed E-state index contributed by atoms with van der Waals surface area (Å²) in [6.07, 6.45) is 0.578. The van der Waals surface area contributed by atoms with E-state index in [0.717, 1.165) is 21.8 Å². The Morgan fingerprint density at radius 2 is 2.13 bits per heavy atom. The Bertz CT molecular complexity index is 697. The molecule has 2 aromatic rings. The van der Waals surface area contributed by atoms with Crippen molar-refractivity contribution < 1.29 is 14.7 Å². The zero-order valence-corrected chi connectivity index (χ0v) is 14.0. The highest BCUT2D eigenvalue weighted by Gasteiger charge is 2.19. The number of thiazole rings is 1. The van der Waals surface area contributed by atoms with E-state index in [-0.39, 0.29) is 18.9 Å². The number of benzene rings is 1. The minimum Gasteiger partial charge on any atom is -0.481 e. The number of rotatable bonds is 7. The molecule has 1 atom stereocenters. The second-order valence-corrected chi connectivity index (χ2v) is 6.63. The Hall–Kier alpha value is -2.21. The van der Waals surface area contributed by atoms with Crippen molar-refractivity contribution in [2.24, 2.45) is 5.92 Å². The first-order valence-electron chi connectivity index (χ1n) is 7.40. The quantitative estimate of drug-likeness (QED) is 0.816. The van der Waals surface area contributed by atoms with Gasteiger partial charge in [-0.2, -0.15) is 0 Å². The molecule has 23 heavy (non-hydrogen) atoms. The Kier molecular flexibility index (Phi) is 5.87. The third-order valence-electron chi connectivity index (χ3n) is 3.47. The molecule has 1 amide bonds. The third-order valence-corrected chi connectivity index (χ3v) is 4.29. The van der Waals surface area contributed by atoms with Crippen molar-refractivity contribution >= 4 is 23.2 Å². The Balaban J connectivity index is 1.89. The van der Waals surface area contributed by atoms with E-state index in [1.54, 1.807) is 0 Å². The molecule has 0 unspecified atom stereocenters. The van der Waals surface area contributed by atoms with Gasteiger partial charge in [0.1, 0.15) is 0 Å². The number of amides is 1. The molecule has 0 bridgehead atoms. The molecule has 0 fully saturated rings. The number of carboxylic acid groups (broad SMARTS) is 1. The van der Waals surface area contributed by atoms with Crippen molar-refractivity contribution in [1.29, 1.82) is 0 Å². The number of hydrogen-bond acceptors (Lipinski definition) is 4. The number of nitrogens with one attached hydrogen (secondary N) is 1. The molecule has 1 aromatic heterocycles. The minimum atomic E-state index is -0.906. The largest absolute Gasteiger partial charge is 0.481 e. The van der Waals surface area contributed by atoms with E-state index < -0.39 is 11.9 Å². The molecule has 6 heteroatoms.